The Balaban J connectivity index is 3.46. The molecule has 0 bridgehead atoms. The Hall–Kier alpha value is -1.06. The number of hydrogen-bond donors (Lipinski definition) is 0. The second-order valence-electron chi connectivity index (χ2n) is 3.48. The second kappa shape index (κ2) is 8.26. The Kier molecular flexibility index (Phi) is 7.68. The van der Waals surface area contributed by atoms with E-state index >= 15 is 0 Å². The lowest BCUT2D eigenvalue weighted by Gasteiger charge is -2.08. The fraction of sp³-hybridized carbons (Fsp3) is 0.818. The van der Waals surface area contributed by atoms with Gasteiger partial charge in [-0.15, -0.1) is 0 Å². The number of carbonyl (C=O) groups is 2. The van der Waals surface area contributed by atoms with Crippen molar-refractivity contribution in [3.8, 4) is 0 Å². The molecule has 88 valence electrons. The van der Waals surface area contributed by atoms with Crippen LogP contribution in [-0.4, -0.2) is 25.7 Å². The maximum Gasteiger partial charge on any atom is 0.308 e. The molecule has 0 saturated carbocycles. The number of esters is 2. The minimum absolute atomic E-state index is 0.0859. The molecule has 0 aliphatic heterocycles. The summed E-state index contributed by atoms with van der Waals surface area (Å²) < 4.78 is 9.39. The van der Waals surface area contributed by atoms with Gasteiger partial charge in [0.15, 0.2) is 0 Å². The molecule has 1 unspecified atom stereocenters. The van der Waals surface area contributed by atoms with E-state index in [0.29, 0.717) is 13.0 Å². The summed E-state index contributed by atoms with van der Waals surface area (Å²) in [4.78, 5) is 22.0. The summed E-state index contributed by atoms with van der Waals surface area (Å²) in [6.45, 7) is 4.05. The molecule has 0 spiro atoms. The lowest BCUT2D eigenvalue weighted by atomic mass is 10.0. The van der Waals surface area contributed by atoms with Crippen molar-refractivity contribution >= 4 is 11.9 Å². The smallest absolute Gasteiger partial charge is 0.308 e. The van der Waals surface area contributed by atoms with Crippen LogP contribution >= 0.6 is 0 Å². The van der Waals surface area contributed by atoms with Crippen molar-refractivity contribution in [2.45, 2.75) is 39.5 Å². The highest BCUT2D eigenvalue weighted by Crippen LogP contribution is 2.10. The second-order valence-corrected chi connectivity index (χ2v) is 3.48. The first-order chi connectivity index (χ1) is 7.11. The van der Waals surface area contributed by atoms with Crippen molar-refractivity contribution in [2.75, 3.05) is 13.7 Å². The van der Waals surface area contributed by atoms with E-state index in [2.05, 4.69) is 4.74 Å². The molecule has 0 aromatic heterocycles. The van der Waals surface area contributed by atoms with E-state index in [-0.39, 0.29) is 17.9 Å². The number of ether oxygens (including phenoxy) is 2. The van der Waals surface area contributed by atoms with Crippen LogP contribution in [-0.2, 0) is 19.1 Å². The van der Waals surface area contributed by atoms with Crippen molar-refractivity contribution in [3.05, 3.63) is 0 Å². The third-order valence-corrected chi connectivity index (χ3v) is 2.18. The van der Waals surface area contributed by atoms with E-state index in [0.717, 1.165) is 19.3 Å². The Morgan fingerprint density at radius 3 is 2.47 bits per heavy atom. The van der Waals surface area contributed by atoms with Crippen LogP contribution in [0.5, 0.6) is 0 Å². The molecule has 0 aromatic carbocycles. The molecule has 0 radical (unpaired) electrons. The summed E-state index contributed by atoms with van der Waals surface area (Å²) in [6, 6.07) is 0. The zero-order valence-electron chi connectivity index (χ0n) is 9.75. The van der Waals surface area contributed by atoms with Gasteiger partial charge in [0.2, 0.25) is 0 Å². The van der Waals surface area contributed by atoms with Crippen LogP contribution in [0.4, 0.5) is 0 Å². The Morgan fingerprint density at radius 2 is 1.93 bits per heavy atom. The van der Waals surface area contributed by atoms with E-state index in [1.807, 2.05) is 6.92 Å². The summed E-state index contributed by atoms with van der Waals surface area (Å²) in [6.07, 6.45) is 2.79. The number of rotatable bonds is 7. The fourth-order valence-electron chi connectivity index (χ4n) is 1.27. The SMILES string of the molecule is CCOC(=O)CCCCC(C)C(=O)OC. The zero-order chi connectivity index (χ0) is 11.7. The fourth-order valence-corrected chi connectivity index (χ4v) is 1.27. The zero-order valence-corrected chi connectivity index (χ0v) is 9.75. The minimum atomic E-state index is -0.189. The first-order valence-electron chi connectivity index (χ1n) is 5.35. The van der Waals surface area contributed by atoms with Crippen LogP contribution in [0.1, 0.15) is 39.5 Å². The molecule has 0 N–H and O–H groups in total. The summed E-state index contributed by atoms with van der Waals surface area (Å²) >= 11 is 0. The monoisotopic (exact) mass is 216 g/mol. The van der Waals surface area contributed by atoms with Gasteiger partial charge in [-0.3, -0.25) is 9.59 Å². The van der Waals surface area contributed by atoms with Crippen LogP contribution in [0.3, 0.4) is 0 Å². The number of unbranched alkanes of at least 4 members (excludes halogenated alkanes) is 1. The Morgan fingerprint density at radius 1 is 1.27 bits per heavy atom. The highest BCUT2D eigenvalue weighted by molar-refractivity contribution is 5.71. The van der Waals surface area contributed by atoms with Gasteiger partial charge in [0.05, 0.1) is 19.6 Å². The van der Waals surface area contributed by atoms with Gasteiger partial charge in [-0.05, 0) is 19.8 Å². The number of carbonyl (C=O) groups excluding carboxylic acids is 2. The highest BCUT2D eigenvalue weighted by Gasteiger charge is 2.12. The normalized spacial score (nSPS) is 11.9. The van der Waals surface area contributed by atoms with Crippen molar-refractivity contribution < 1.29 is 19.1 Å². The van der Waals surface area contributed by atoms with E-state index in [9.17, 15) is 9.59 Å². The average molecular weight is 216 g/mol. The van der Waals surface area contributed by atoms with Crippen LogP contribution < -0.4 is 0 Å². The highest BCUT2D eigenvalue weighted by atomic mass is 16.5. The first kappa shape index (κ1) is 13.9. The lowest BCUT2D eigenvalue weighted by Crippen LogP contribution is -2.12. The van der Waals surface area contributed by atoms with Gasteiger partial charge in [0, 0.05) is 6.42 Å². The molecule has 0 saturated heterocycles. The maximum absolute atomic E-state index is 11.0. The molecule has 0 aromatic rings. The third kappa shape index (κ3) is 6.94. The van der Waals surface area contributed by atoms with Crippen molar-refractivity contribution in [3.63, 3.8) is 0 Å². The third-order valence-electron chi connectivity index (χ3n) is 2.18. The summed E-state index contributed by atoms with van der Waals surface area (Å²) in [5, 5.41) is 0. The van der Waals surface area contributed by atoms with Gasteiger partial charge in [-0.2, -0.15) is 0 Å². The predicted octanol–water partition coefficient (Wildman–Crippen LogP) is 1.92. The largest absolute Gasteiger partial charge is 0.469 e. The molecular formula is C11H20O4. The molecule has 1 atom stereocenters. The van der Waals surface area contributed by atoms with Crippen LogP contribution in [0.15, 0.2) is 0 Å². The molecule has 15 heavy (non-hydrogen) atoms. The topological polar surface area (TPSA) is 52.6 Å². The van der Waals surface area contributed by atoms with Gasteiger partial charge >= 0.3 is 11.9 Å². The van der Waals surface area contributed by atoms with Crippen LogP contribution in [0, 0.1) is 5.92 Å². The van der Waals surface area contributed by atoms with Gasteiger partial charge in [-0.1, -0.05) is 13.3 Å². The van der Waals surface area contributed by atoms with Crippen LogP contribution in [0.2, 0.25) is 0 Å². The van der Waals surface area contributed by atoms with Crippen LogP contribution in [0.25, 0.3) is 0 Å². The molecule has 0 amide bonds. The van der Waals surface area contributed by atoms with Crippen molar-refractivity contribution in [1.29, 1.82) is 0 Å². The van der Waals surface area contributed by atoms with E-state index in [4.69, 9.17) is 4.74 Å². The van der Waals surface area contributed by atoms with E-state index in [1.54, 1.807) is 6.92 Å². The van der Waals surface area contributed by atoms with Crippen molar-refractivity contribution in [1.82, 2.24) is 0 Å². The molecule has 0 aliphatic carbocycles. The molecule has 0 fully saturated rings. The van der Waals surface area contributed by atoms with Gasteiger partial charge in [-0.25, -0.2) is 0 Å². The standard InChI is InChI=1S/C11H20O4/c1-4-15-10(12)8-6-5-7-9(2)11(13)14-3/h9H,4-8H2,1-3H3. The quantitative estimate of drug-likeness (QED) is 0.482. The van der Waals surface area contributed by atoms with Crippen molar-refractivity contribution in [2.24, 2.45) is 5.92 Å². The summed E-state index contributed by atoms with van der Waals surface area (Å²) in [7, 11) is 1.39. The predicted molar refractivity (Wildman–Crippen MR) is 56.3 cm³/mol. The number of methoxy groups -OCH3 is 1. The molecule has 0 aliphatic rings. The van der Waals surface area contributed by atoms with Gasteiger partial charge in [0.25, 0.3) is 0 Å². The first-order valence-corrected chi connectivity index (χ1v) is 5.35. The van der Waals surface area contributed by atoms with Gasteiger partial charge < -0.3 is 9.47 Å². The maximum atomic E-state index is 11.0. The molecule has 0 rings (SSSR count). The number of hydrogen-bond acceptors (Lipinski definition) is 4. The summed E-state index contributed by atoms with van der Waals surface area (Å²) in [5.74, 6) is -0.438. The summed E-state index contributed by atoms with van der Waals surface area (Å²) in [5.41, 5.74) is 0. The molecular weight excluding hydrogens is 196 g/mol. The molecule has 0 heterocycles. The molecule has 4 nitrogen and oxygen atoms in total. The molecule has 4 heteroatoms. The Bertz CT molecular complexity index is 201. The van der Waals surface area contributed by atoms with E-state index < -0.39 is 0 Å². The van der Waals surface area contributed by atoms with Gasteiger partial charge in [0.1, 0.15) is 0 Å². The Labute approximate surface area is 90.9 Å². The lowest BCUT2D eigenvalue weighted by molar-refractivity contribution is -0.145. The van der Waals surface area contributed by atoms with E-state index in [1.165, 1.54) is 7.11 Å². The minimum Gasteiger partial charge on any atom is -0.469 e. The average Bonchev–Trinajstić information content (AvgIpc) is 2.23.